The average Bonchev–Trinajstić information content (AvgIpc) is 2.89. The number of nitro benzene ring substituents is 1. The van der Waals surface area contributed by atoms with Crippen LogP contribution in [0.1, 0.15) is 36.6 Å². The lowest BCUT2D eigenvalue weighted by Gasteiger charge is -2.14. The Morgan fingerprint density at radius 2 is 1.50 bits per heavy atom. The summed E-state index contributed by atoms with van der Waals surface area (Å²) in [5, 5.41) is 10.5. The van der Waals surface area contributed by atoms with Gasteiger partial charge < -0.3 is 5.73 Å². The van der Waals surface area contributed by atoms with Crippen molar-refractivity contribution in [3.63, 3.8) is 0 Å². The molecule has 0 saturated carbocycles. The zero-order valence-corrected chi connectivity index (χ0v) is 16.5. The van der Waals surface area contributed by atoms with Crippen molar-refractivity contribution in [3.8, 4) is 0 Å². The van der Waals surface area contributed by atoms with E-state index < -0.39 is 34.9 Å². The Labute approximate surface area is 176 Å². The largest absolute Gasteiger partial charge is 0.366 e. The maximum atomic E-state index is 12.7. The summed E-state index contributed by atoms with van der Waals surface area (Å²) in [4.78, 5) is 48.0. The first-order chi connectivity index (χ1) is 13.1. The zero-order chi connectivity index (χ0) is 20.9. The molecule has 1 heterocycles. The second-order valence-electron chi connectivity index (χ2n) is 5.67. The molecule has 0 aliphatic carbocycles. The highest BCUT2D eigenvalue weighted by Crippen LogP contribution is 2.45. The summed E-state index contributed by atoms with van der Waals surface area (Å²) in [6, 6.07) is 3.44. The lowest BCUT2D eigenvalue weighted by atomic mass is 10.1. The Hall–Kier alpha value is -2.39. The minimum atomic E-state index is -0.863. The molecule has 0 fully saturated rings. The molecule has 0 bridgehead atoms. The third-order valence-electron chi connectivity index (χ3n) is 4.08. The van der Waals surface area contributed by atoms with Crippen molar-refractivity contribution in [1.82, 2.24) is 4.90 Å². The summed E-state index contributed by atoms with van der Waals surface area (Å²) in [6.45, 7) is -0.469. The van der Waals surface area contributed by atoms with E-state index in [1.54, 1.807) is 0 Å². The number of carbonyl (C=O) groups excluding carboxylic acids is 3. The molecular formula is C16H7Cl4N3O5. The van der Waals surface area contributed by atoms with Crippen molar-refractivity contribution in [1.29, 1.82) is 0 Å². The van der Waals surface area contributed by atoms with Crippen LogP contribution in [0.5, 0.6) is 0 Å². The molecule has 2 N–H and O–H groups in total. The normalized spacial score (nSPS) is 13.1. The van der Waals surface area contributed by atoms with Crippen molar-refractivity contribution in [2.75, 3.05) is 0 Å². The number of benzene rings is 2. The SMILES string of the molecule is NC(=O)c1ccc(CN2C(=O)c3c(Cl)c(Cl)c(Cl)c(Cl)c3C2=O)c([N+](=O)[O-])c1. The highest BCUT2D eigenvalue weighted by atomic mass is 35.5. The third-order valence-corrected chi connectivity index (χ3v) is 5.88. The number of nitrogens with two attached hydrogens (primary N) is 1. The van der Waals surface area contributed by atoms with E-state index in [0.29, 0.717) is 0 Å². The van der Waals surface area contributed by atoms with Gasteiger partial charge in [-0.05, 0) is 12.1 Å². The first kappa shape index (κ1) is 20.3. The van der Waals surface area contributed by atoms with Gasteiger partial charge in [-0.25, -0.2) is 0 Å². The van der Waals surface area contributed by atoms with Crippen LogP contribution in [0, 0.1) is 10.1 Å². The van der Waals surface area contributed by atoms with Crippen LogP contribution in [0.15, 0.2) is 18.2 Å². The number of fused-ring (bicyclic) bond motifs is 1. The van der Waals surface area contributed by atoms with Gasteiger partial charge in [0.2, 0.25) is 5.91 Å². The van der Waals surface area contributed by atoms with Crippen LogP contribution in [-0.2, 0) is 6.54 Å². The standard InChI is InChI=1S/C16H7Cl4N3O5/c17-10-8-9(11(18)13(20)12(10)19)16(26)22(15(8)25)4-6-2-1-5(14(21)24)3-7(6)23(27)28/h1-3H,4H2,(H2,21,24). The van der Waals surface area contributed by atoms with Crippen LogP contribution in [0.2, 0.25) is 20.1 Å². The van der Waals surface area contributed by atoms with Gasteiger partial charge >= 0.3 is 0 Å². The number of hydrogen-bond acceptors (Lipinski definition) is 5. The van der Waals surface area contributed by atoms with E-state index in [2.05, 4.69) is 0 Å². The second kappa shape index (κ2) is 7.21. The van der Waals surface area contributed by atoms with Gasteiger partial charge in [-0.15, -0.1) is 0 Å². The van der Waals surface area contributed by atoms with E-state index in [0.717, 1.165) is 11.0 Å². The number of nitrogens with zero attached hydrogens (tertiary/aromatic N) is 2. The first-order valence-corrected chi connectivity index (χ1v) is 8.86. The van der Waals surface area contributed by atoms with E-state index in [1.165, 1.54) is 12.1 Å². The fourth-order valence-electron chi connectivity index (χ4n) is 2.73. The Kier molecular flexibility index (Phi) is 5.24. The quantitative estimate of drug-likeness (QED) is 0.241. The van der Waals surface area contributed by atoms with Crippen molar-refractivity contribution in [2.45, 2.75) is 6.54 Å². The molecule has 3 amide bonds. The lowest BCUT2D eigenvalue weighted by molar-refractivity contribution is -0.385. The molecule has 2 aromatic carbocycles. The number of nitro groups is 1. The van der Waals surface area contributed by atoms with Gasteiger partial charge in [-0.2, -0.15) is 0 Å². The van der Waals surface area contributed by atoms with Crippen molar-refractivity contribution in [3.05, 3.63) is 70.7 Å². The molecule has 0 saturated heterocycles. The van der Waals surface area contributed by atoms with Crippen LogP contribution in [0.4, 0.5) is 5.69 Å². The predicted molar refractivity (Wildman–Crippen MR) is 102 cm³/mol. The van der Waals surface area contributed by atoms with E-state index in [4.69, 9.17) is 52.1 Å². The number of halogens is 4. The van der Waals surface area contributed by atoms with E-state index in [-0.39, 0.29) is 42.3 Å². The van der Waals surface area contributed by atoms with Gasteiger partial charge in [0.05, 0.1) is 42.7 Å². The predicted octanol–water partition coefficient (Wildman–Crippen LogP) is 4.10. The van der Waals surface area contributed by atoms with Crippen LogP contribution in [0.25, 0.3) is 0 Å². The summed E-state index contributed by atoms with van der Waals surface area (Å²) in [6.07, 6.45) is 0. The second-order valence-corrected chi connectivity index (χ2v) is 7.18. The molecule has 28 heavy (non-hydrogen) atoms. The zero-order valence-electron chi connectivity index (χ0n) is 13.5. The van der Waals surface area contributed by atoms with Gasteiger partial charge in [-0.1, -0.05) is 46.4 Å². The molecule has 0 unspecified atom stereocenters. The van der Waals surface area contributed by atoms with Crippen LogP contribution < -0.4 is 5.73 Å². The smallest absolute Gasteiger partial charge is 0.275 e. The van der Waals surface area contributed by atoms with Gasteiger partial charge in [0.15, 0.2) is 0 Å². The monoisotopic (exact) mass is 461 g/mol. The minimum Gasteiger partial charge on any atom is -0.366 e. The number of primary amides is 1. The fourth-order valence-corrected chi connectivity index (χ4v) is 3.74. The van der Waals surface area contributed by atoms with Gasteiger partial charge in [-0.3, -0.25) is 29.4 Å². The van der Waals surface area contributed by atoms with Crippen molar-refractivity contribution >= 4 is 69.8 Å². The topological polar surface area (TPSA) is 124 Å². The van der Waals surface area contributed by atoms with Gasteiger partial charge in [0.1, 0.15) is 0 Å². The number of hydrogen-bond donors (Lipinski definition) is 1. The highest BCUT2D eigenvalue weighted by molar-refractivity contribution is 6.55. The Balaban J connectivity index is 2.08. The van der Waals surface area contributed by atoms with Gasteiger partial charge in [0.25, 0.3) is 17.5 Å². The molecule has 3 rings (SSSR count). The summed E-state index contributed by atoms with van der Waals surface area (Å²) in [5.74, 6) is -2.53. The highest BCUT2D eigenvalue weighted by Gasteiger charge is 2.42. The molecule has 0 spiro atoms. The summed E-state index contributed by atoms with van der Waals surface area (Å²) in [5.41, 5.74) is 4.07. The fraction of sp³-hybridized carbons (Fsp3) is 0.0625. The van der Waals surface area contributed by atoms with Gasteiger partial charge in [0, 0.05) is 17.2 Å². The third kappa shape index (κ3) is 3.08. The van der Waals surface area contributed by atoms with Crippen molar-refractivity contribution in [2.24, 2.45) is 5.73 Å². The molecule has 12 heteroatoms. The first-order valence-electron chi connectivity index (χ1n) is 7.35. The Bertz CT molecular complexity index is 1060. The van der Waals surface area contributed by atoms with Crippen LogP contribution in [0.3, 0.4) is 0 Å². The van der Waals surface area contributed by atoms with Crippen molar-refractivity contribution < 1.29 is 19.3 Å². The number of rotatable bonds is 4. The number of amides is 3. The molecule has 0 radical (unpaired) electrons. The Morgan fingerprint density at radius 1 is 1.00 bits per heavy atom. The minimum absolute atomic E-state index is 0.00561. The van der Waals surface area contributed by atoms with E-state index >= 15 is 0 Å². The van der Waals surface area contributed by atoms with E-state index in [9.17, 15) is 24.5 Å². The number of carbonyl (C=O) groups is 3. The molecule has 144 valence electrons. The molecule has 0 aromatic heterocycles. The molecule has 2 aromatic rings. The Morgan fingerprint density at radius 3 is 1.93 bits per heavy atom. The lowest BCUT2D eigenvalue weighted by Crippen LogP contribution is -2.29. The molecule has 0 atom stereocenters. The molecule has 1 aliphatic heterocycles. The summed E-state index contributed by atoms with van der Waals surface area (Å²) in [7, 11) is 0. The van der Waals surface area contributed by atoms with Crippen LogP contribution in [-0.4, -0.2) is 27.5 Å². The summed E-state index contributed by atoms with van der Waals surface area (Å²) < 4.78 is 0. The molecular weight excluding hydrogens is 456 g/mol. The summed E-state index contributed by atoms with van der Waals surface area (Å²) >= 11 is 24.0. The average molecular weight is 463 g/mol. The molecule has 1 aliphatic rings. The number of imide groups is 1. The maximum Gasteiger partial charge on any atom is 0.275 e. The molecule has 8 nitrogen and oxygen atoms in total. The maximum absolute atomic E-state index is 12.7. The van der Waals surface area contributed by atoms with E-state index in [1.807, 2.05) is 0 Å². The van der Waals surface area contributed by atoms with Crippen LogP contribution >= 0.6 is 46.4 Å².